The molecule has 92 valence electrons. The van der Waals surface area contributed by atoms with Crippen LogP contribution in [0.4, 0.5) is 0 Å². The number of benzene rings is 1. The lowest BCUT2D eigenvalue weighted by molar-refractivity contribution is 0.0954. The predicted molar refractivity (Wildman–Crippen MR) is 71.5 cm³/mol. The molecule has 0 saturated carbocycles. The molecular weight excluding hydrogens is 236 g/mol. The van der Waals surface area contributed by atoms with Crippen molar-refractivity contribution in [3.05, 3.63) is 34.9 Å². The van der Waals surface area contributed by atoms with Crippen molar-refractivity contribution in [1.29, 1.82) is 0 Å². The largest absolute Gasteiger partial charge is 0.271 e. The van der Waals surface area contributed by atoms with Gasteiger partial charge in [-0.25, -0.2) is 5.43 Å². The zero-order chi connectivity index (χ0) is 12.8. The molecule has 0 radical (unpaired) electrons. The molecule has 0 aliphatic heterocycles. The number of hydrogen-bond donors (Lipinski definition) is 1. The van der Waals surface area contributed by atoms with E-state index >= 15 is 0 Å². The number of rotatable bonds is 4. The number of halogens is 1. The van der Waals surface area contributed by atoms with Gasteiger partial charge in [-0.3, -0.25) is 4.79 Å². The second-order valence-corrected chi connectivity index (χ2v) is 4.50. The molecular formula is C13H17ClN2O. The van der Waals surface area contributed by atoms with Crippen LogP contribution in [0.3, 0.4) is 0 Å². The van der Waals surface area contributed by atoms with Crippen molar-refractivity contribution < 1.29 is 4.79 Å². The van der Waals surface area contributed by atoms with Gasteiger partial charge in [-0.2, -0.15) is 5.10 Å². The van der Waals surface area contributed by atoms with Gasteiger partial charge < -0.3 is 0 Å². The van der Waals surface area contributed by atoms with Crippen LogP contribution in [0.1, 0.15) is 37.6 Å². The number of nitrogens with one attached hydrogen (secondary N) is 1. The second kappa shape index (κ2) is 6.40. The molecule has 17 heavy (non-hydrogen) atoms. The Hall–Kier alpha value is -1.35. The summed E-state index contributed by atoms with van der Waals surface area (Å²) in [5.41, 5.74) is 4.09. The lowest BCUT2D eigenvalue weighted by Crippen LogP contribution is -2.21. The Morgan fingerprint density at radius 2 is 1.94 bits per heavy atom. The number of nitrogens with zero attached hydrogens (tertiary/aromatic N) is 1. The maximum Gasteiger partial charge on any atom is 0.271 e. The van der Waals surface area contributed by atoms with Crippen molar-refractivity contribution in [2.75, 3.05) is 0 Å². The third kappa shape index (κ3) is 4.19. The molecule has 0 bridgehead atoms. The third-order valence-electron chi connectivity index (χ3n) is 2.44. The fraction of sp³-hybridized carbons (Fsp3) is 0.385. The average Bonchev–Trinajstić information content (AvgIpc) is 2.30. The number of carbonyl (C=O) groups is 1. The van der Waals surface area contributed by atoms with E-state index in [1.165, 1.54) is 0 Å². The molecule has 1 rings (SSSR count). The molecule has 0 aromatic heterocycles. The lowest BCUT2D eigenvalue weighted by Gasteiger charge is -2.07. The summed E-state index contributed by atoms with van der Waals surface area (Å²) in [6, 6.07) is 6.72. The van der Waals surface area contributed by atoms with E-state index in [0.717, 1.165) is 12.1 Å². The van der Waals surface area contributed by atoms with Crippen LogP contribution in [0.15, 0.2) is 29.4 Å². The van der Waals surface area contributed by atoms with Crippen molar-refractivity contribution in [2.24, 2.45) is 11.0 Å². The molecule has 0 unspecified atom stereocenters. The van der Waals surface area contributed by atoms with Gasteiger partial charge >= 0.3 is 0 Å². The fourth-order valence-electron chi connectivity index (χ4n) is 1.40. The van der Waals surface area contributed by atoms with Gasteiger partial charge in [0.1, 0.15) is 0 Å². The molecule has 1 aromatic carbocycles. The first-order valence-corrected chi connectivity index (χ1v) is 6.04. The van der Waals surface area contributed by atoms with Gasteiger partial charge in [0.05, 0.1) is 0 Å². The molecule has 1 amide bonds. The number of hydrogen-bond acceptors (Lipinski definition) is 2. The summed E-state index contributed by atoms with van der Waals surface area (Å²) in [4.78, 5) is 11.7. The van der Waals surface area contributed by atoms with Gasteiger partial charge in [-0.1, -0.05) is 32.4 Å². The van der Waals surface area contributed by atoms with E-state index in [1.807, 2.05) is 6.92 Å². The van der Waals surface area contributed by atoms with Crippen molar-refractivity contribution in [2.45, 2.75) is 27.2 Å². The van der Waals surface area contributed by atoms with E-state index in [4.69, 9.17) is 11.6 Å². The molecule has 1 aromatic rings. The Kier molecular flexibility index (Phi) is 5.16. The Labute approximate surface area is 107 Å². The van der Waals surface area contributed by atoms with Crippen LogP contribution in [0.25, 0.3) is 0 Å². The minimum atomic E-state index is -0.215. The first-order valence-electron chi connectivity index (χ1n) is 5.67. The molecule has 0 fully saturated rings. The number of carbonyl (C=O) groups excluding carboxylic acids is 1. The summed E-state index contributed by atoms with van der Waals surface area (Å²) in [5, 5.41) is 4.74. The van der Waals surface area contributed by atoms with Crippen molar-refractivity contribution in [3.63, 3.8) is 0 Å². The van der Waals surface area contributed by atoms with E-state index in [2.05, 4.69) is 24.4 Å². The normalized spacial score (nSPS) is 11.7. The van der Waals surface area contributed by atoms with Gasteiger partial charge in [0.25, 0.3) is 5.91 Å². The Morgan fingerprint density at radius 1 is 1.35 bits per heavy atom. The summed E-state index contributed by atoms with van der Waals surface area (Å²) >= 11 is 5.75. The van der Waals surface area contributed by atoms with Gasteiger partial charge in [-0.15, -0.1) is 0 Å². The van der Waals surface area contributed by atoms with Crippen molar-refractivity contribution >= 4 is 23.2 Å². The smallest absolute Gasteiger partial charge is 0.267 e. The van der Waals surface area contributed by atoms with Crippen LogP contribution in [0, 0.1) is 5.92 Å². The van der Waals surface area contributed by atoms with E-state index in [9.17, 15) is 4.79 Å². The first kappa shape index (κ1) is 13.7. The van der Waals surface area contributed by atoms with Gasteiger partial charge in [0, 0.05) is 16.3 Å². The molecule has 0 aliphatic rings. The zero-order valence-corrected chi connectivity index (χ0v) is 11.1. The number of amides is 1. The fourth-order valence-corrected chi connectivity index (χ4v) is 1.53. The molecule has 4 heteroatoms. The predicted octanol–water partition coefficient (Wildman–Crippen LogP) is 3.49. The quantitative estimate of drug-likeness (QED) is 0.647. The molecule has 0 heterocycles. The maximum absolute atomic E-state index is 11.7. The topological polar surface area (TPSA) is 41.5 Å². The molecule has 1 N–H and O–H groups in total. The SMILES string of the molecule is CC/C(=N/NC(=O)c1ccc(Cl)cc1)C(C)C. The van der Waals surface area contributed by atoms with Crippen LogP contribution in [-0.2, 0) is 0 Å². The third-order valence-corrected chi connectivity index (χ3v) is 2.69. The summed E-state index contributed by atoms with van der Waals surface area (Å²) < 4.78 is 0. The van der Waals surface area contributed by atoms with E-state index < -0.39 is 0 Å². The van der Waals surface area contributed by atoms with Crippen molar-refractivity contribution in [1.82, 2.24) is 5.43 Å². The lowest BCUT2D eigenvalue weighted by atomic mass is 10.1. The highest BCUT2D eigenvalue weighted by molar-refractivity contribution is 6.30. The maximum atomic E-state index is 11.7. The Balaban J connectivity index is 2.70. The van der Waals surface area contributed by atoms with Crippen LogP contribution in [-0.4, -0.2) is 11.6 Å². The summed E-state index contributed by atoms with van der Waals surface area (Å²) in [6.07, 6.45) is 0.832. The monoisotopic (exact) mass is 252 g/mol. The molecule has 0 atom stereocenters. The minimum absolute atomic E-state index is 0.215. The van der Waals surface area contributed by atoms with Gasteiger partial charge in [-0.05, 0) is 36.6 Å². The summed E-state index contributed by atoms with van der Waals surface area (Å²) in [6.45, 7) is 6.13. The highest BCUT2D eigenvalue weighted by Crippen LogP contribution is 2.09. The highest BCUT2D eigenvalue weighted by atomic mass is 35.5. The highest BCUT2D eigenvalue weighted by Gasteiger charge is 2.06. The van der Waals surface area contributed by atoms with Gasteiger partial charge in [0.2, 0.25) is 0 Å². The van der Waals surface area contributed by atoms with Crippen LogP contribution in [0.5, 0.6) is 0 Å². The molecule has 0 aliphatic carbocycles. The van der Waals surface area contributed by atoms with Crippen molar-refractivity contribution in [3.8, 4) is 0 Å². The summed E-state index contributed by atoms with van der Waals surface area (Å²) in [5.74, 6) is 0.124. The Bertz CT molecular complexity index is 410. The van der Waals surface area contributed by atoms with Gasteiger partial charge in [0.15, 0.2) is 0 Å². The molecule has 3 nitrogen and oxygen atoms in total. The van der Waals surface area contributed by atoms with E-state index in [0.29, 0.717) is 16.5 Å². The average molecular weight is 253 g/mol. The number of hydrazone groups is 1. The van der Waals surface area contributed by atoms with Crippen LogP contribution in [0.2, 0.25) is 5.02 Å². The second-order valence-electron chi connectivity index (χ2n) is 4.06. The van der Waals surface area contributed by atoms with Crippen LogP contribution < -0.4 is 5.43 Å². The molecule has 0 spiro atoms. The van der Waals surface area contributed by atoms with Crippen LogP contribution >= 0.6 is 11.6 Å². The van der Waals surface area contributed by atoms with E-state index in [-0.39, 0.29) is 5.91 Å². The summed E-state index contributed by atoms with van der Waals surface area (Å²) in [7, 11) is 0. The standard InChI is InChI=1S/C13H17ClN2O/c1-4-12(9(2)3)15-16-13(17)10-5-7-11(14)8-6-10/h5-9H,4H2,1-3H3,(H,16,17)/b15-12-. The zero-order valence-electron chi connectivity index (χ0n) is 10.3. The Morgan fingerprint density at radius 3 is 2.41 bits per heavy atom. The van der Waals surface area contributed by atoms with E-state index in [1.54, 1.807) is 24.3 Å². The first-order chi connectivity index (χ1) is 8.04. The molecule has 0 saturated heterocycles. The minimum Gasteiger partial charge on any atom is -0.267 e.